The van der Waals surface area contributed by atoms with Gasteiger partial charge >= 0.3 is 0 Å². The Hall–Kier alpha value is -1.19. The van der Waals surface area contributed by atoms with Gasteiger partial charge in [0.2, 0.25) is 0 Å². The summed E-state index contributed by atoms with van der Waals surface area (Å²) in [5.74, 6) is 0.553. The van der Waals surface area contributed by atoms with Gasteiger partial charge in [0.25, 0.3) is 0 Å². The third-order valence-electron chi connectivity index (χ3n) is 2.00. The van der Waals surface area contributed by atoms with Crippen molar-refractivity contribution in [3.8, 4) is 5.69 Å². The first-order valence-corrected chi connectivity index (χ1v) is 5.11. The molecule has 0 atom stereocenters. The van der Waals surface area contributed by atoms with Gasteiger partial charge in [0, 0.05) is 11.1 Å². The lowest BCUT2D eigenvalue weighted by molar-refractivity contribution is 0.872. The molecule has 1 aromatic carbocycles. The Balaban J connectivity index is 2.59. The lowest BCUT2D eigenvalue weighted by Gasteiger charge is -2.06. The molecular formula is C10H9Cl2N3. The minimum absolute atomic E-state index is 0.525. The fourth-order valence-corrected chi connectivity index (χ4v) is 1.85. The van der Waals surface area contributed by atoms with Crippen LogP contribution in [0, 0.1) is 6.92 Å². The molecule has 5 heteroatoms. The van der Waals surface area contributed by atoms with E-state index in [1.807, 2.05) is 6.92 Å². The lowest BCUT2D eigenvalue weighted by atomic mass is 10.3. The summed E-state index contributed by atoms with van der Waals surface area (Å²) in [6.45, 7) is 1.87. The SMILES string of the molecule is Cc1cc(N)n(-c2ccc(Cl)cc2Cl)n1. The summed E-state index contributed by atoms with van der Waals surface area (Å²) >= 11 is 11.8. The molecule has 0 bridgehead atoms. The number of hydrogen-bond acceptors (Lipinski definition) is 2. The number of benzene rings is 1. The monoisotopic (exact) mass is 241 g/mol. The molecule has 0 radical (unpaired) electrons. The highest BCUT2D eigenvalue weighted by molar-refractivity contribution is 6.35. The van der Waals surface area contributed by atoms with E-state index in [1.165, 1.54) is 0 Å². The number of nitrogens with two attached hydrogens (primary N) is 1. The highest BCUT2D eigenvalue weighted by Crippen LogP contribution is 2.25. The van der Waals surface area contributed by atoms with Gasteiger partial charge in [0.15, 0.2) is 0 Å². The Morgan fingerprint density at radius 3 is 2.53 bits per heavy atom. The van der Waals surface area contributed by atoms with Crippen molar-refractivity contribution in [2.45, 2.75) is 6.92 Å². The second-order valence-electron chi connectivity index (χ2n) is 3.22. The molecule has 0 aliphatic heterocycles. The van der Waals surface area contributed by atoms with Gasteiger partial charge in [-0.15, -0.1) is 0 Å². The summed E-state index contributed by atoms with van der Waals surface area (Å²) in [4.78, 5) is 0. The summed E-state index contributed by atoms with van der Waals surface area (Å²) in [6, 6.07) is 6.98. The number of aromatic nitrogens is 2. The molecule has 0 saturated heterocycles. The Labute approximate surface area is 97.4 Å². The molecule has 0 aliphatic rings. The molecule has 0 aliphatic carbocycles. The van der Waals surface area contributed by atoms with Gasteiger partial charge in [-0.25, -0.2) is 4.68 Å². The van der Waals surface area contributed by atoms with Crippen molar-refractivity contribution < 1.29 is 0 Å². The molecule has 78 valence electrons. The van der Waals surface area contributed by atoms with Crippen molar-refractivity contribution in [2.24, 2.45) is 0 Å². The van der Waals surface area contributed by atoms with Crippen molar-refractivity contribution >= 4 is 29.0 Å². The number of hydrogen-bond donors (Lipinski definition) is 1. The average Bonchev–Trinajstić information content (AvgIpc) is 2.45. The van der Waals surface area contributed by atoms with Crippen LogP contribution in [0.5, 0.6) is 0 Å². The largest absolute Gasteiger partial charge is 0.384 e. The minimum Gasteiger partial charge on any atom is -0.384 e. The molecule has 0 unspecified atom stereocenters. The average molecular weight is 242 g/mol. The van der Waals surface area contributed by atoms with E-state index < -0.39 is 0 Å². The zero-order chi connectivity index (χ0) is 11.0. The van der Waals surface area contributed by atoms with E-state index >= 15 is 0 Å². The highest BCUT2D eigenvalue weighted by Gasteiger charge is 2.08. The van der Waals surface area contributed by atoms with Crippen LogP contribution >= 0.6 is 23.2 Å². The summed E-state index contributed by atoms with van der Waals surface area (Å²) in [6.07, 6.45) is 0. The molecule has 2 N–H and O–H groups in total. The van der Waals surface area contributed by atoms with Gasteiger partial charge in [-0.2, -0.15) is 5.10 Å². The standard InChI is InChI=1S/C10H9Cl2N3/c1-6-4-10(13)15(14-6)9-3-2-7(11)5-8(9)12/h2-5H,13H2,1H3. The number of halogens is 2. The van der Waals surface area contributed by atoms with Crippen molar-refractivity contribution in [3.05, 3.63) is 40.0 Å². The molecule has 0 saturated carbocycles. The summed E-state index contributed by atoms with van der Waals surface area (Å²) in [7, 11) is 0. The van der Waals surface area contributed by atoms with Crippen molar-refractivity contribution in [2.75, 3.05) is 5.73 Å². The maximum absolute atomic E-state index is 6.04. The van der Waals surface area contributed by atoms with E-state index in [9.17, 15) is 0 Å². The first-order chi connectivity index (χ1) is 7.08. The van der Waals surface area contributed by atoms with Gasteiger partial charge in [-0.05, 0) is 25.1 Å². The Morgan fingerprint density at radius 1 is 1.27 bits per heavy atom. The quantitative estimate of drug-likeness (QED) is 0.835. The van der Waals surface area contributed by atoms with Gasteiger partial charge in [0.1, 0.15) is 5.82 Å². The number of nitrogens with zero attached hydrogens (tertiary/aromatic N) is 2. The Morgan fingerprint density at radius 2 is 2.00 bits per heavy atom. The van der Waals surface area contributed by atoms with Gasteiger partial charge in [-0.1, -0.05) is 23.2 Å². The summed E-state index contributed by atoms with van der Waals surface area (Å²) < 4.78 is 1.59. The fraction of sp³-hybridized carbons (Fsp3) is 0.100. The molecule has 1 aromatic heterocycles. The van der Waals surface area contributed by atoms with Crippen molar-refractivity contribution in [3.63, 3.8) is 0 Å². The fourth-order valence-electron chi connectivity index (χ4n) is 1.37. The van der Waals surface area contributed by atoms with E-state index in [1.54, 1.807) is 28.9 Å². The van der Waals surface area contributed by atoms with Crippen LogP contribution in [0.3, 0.4) is 0 Å². The number of anilines is 1. The van der Waals surface area contributed by atoms with Crippen LogP contribution in [0.25, 0.3) is 5.69 Å². The van der Waals surface area contributed by atoms with Crippen LogP contribution < -0.4 is 5.73 Å². The predicted molar refractivity (Wildman–Crippen MR) is 62.7 cm³/mol. The molecule has 0 fully saturated rings. The lowest BCUT2D eigenvalue weighted by Crippen LogP contribution is -2.02. The van der Waals surface area contributed by atoms with E-state index in [2.05, 4.69) is 5.10 Å². The molecule has 2 rings (SSSR count). The number of nitrogen functional groups attached to an aromatic ring is 1. The third-order valence-corrected chi connectivity index (χ3v) is 2.53. The number of aryl methyl sites for hydroxylation is 1. The molecule has 15 heavy (non-hydrogen) atoms. The summed E-state index contributed by atoms with van der Waals surface area (Å²) in [5.41, 5.74) is 7.36. The van der Waals surface area contributed by atoms with E-state index in [0.29, 0.717) is 15.9 Å². The first-order valence-electron chi connectivity index (χ1n) is 4.35. The molecule has 1 heterocycles. The highest BCUT2D eigenvalue weighted by atomic mass is 35.5. The second kappa shape index (κ2) is 3.76. The van der Waals surface area contributed by atoms with Crippen molar-refractivity contribution in [1.29, 1.82) is 0 Å². The molecular weight excluding hydrogens is 233 g/mol. The van der Waals surface area contributed by atoms with Crippen LogP contribution in [0.1, 0.15) is 5.69 Å². The molecule has 3 nitrogen and oxygen atoms in total. The van der Waals surface area contributed by atoms with Gasteiger partial charge in [-0.3, -0.25) is 0 Å². The zero-order valence-corrected chi connectivity index (χ0v) is 9.55. The maximum atomic E-state index is 6.04. The van der Waals surface area contributed by atoms with Gasteiger partial charge < -0.3 is 5.73 Å². The topological polar surface area (TPSA) is 43.8 Å². The second-order valence-corrected chi connectivity index (χ2v) is 4.06. The van der Waals surface area contributed by atoms with E-state index in [4.69, 9.17) is 28.9 Å². The minimum atomic E-state index is 0.525. The first kappa shape index (κ1) is 10.3. The van der Waals surface area contributed by atoms with E-state index in [0.717, 1.165) is 11.4 Å². The maximum Gasteiger partial charge on any atom is 0.127 e. The normalized spacial score (nSPS) is 10.6. The van der Waals surface area contributed by atoms with Crippen molar-refractivity contribution in [1.82, 2.24) is 9.78 Å². The molecule has 2 aromatic rings. The number of rotatable bonds is 1. The Kier molecular flexibility index (Phi) is 2.59. The smallest absolute Gasteiger partial charge is 0.127 e. The zero-order valence-electron chi connectivity index (χ0n) is 8.04. The third kappa shape index (κ3) is 1.94. The van der Waals surface area contributed by atoms with Crippen LogP contribution in [0.4, 0.5) is 5.82 Å². The summed E-state index contributed by atoms with van der Waals surface area (Å²) in [5, 5.41) is 5.35. The van der Waals surface area contributed by atoms with Gasteiger partial charge in [0.05, 0.1) is 16.4 Å². The van der Waals surface area contributed by atoms with Crippen LogP contribution in [0.15, 0.2) is 24.3 Å². The molecule has 0 amide bonds. The van der Waals surface area contributed by atoms with E-state index in [-0.39, 0.29) is 0 Å². The van der Waals surface area contributed by atoms with Crippen LogP contribution in [-0.4, -0.2) is 9.78 Å². The Bertz CT molecular complexity index is 505. The van der Waals surface area contributed by atoms with Crippen LogP contribution in [-0.2, 0) is 0 Å². The predicted octanol–water partition coefficient (Wildman–Crippen LogP) is 3.07. The molecule has 0 spiro atoms. The van der Waals surface area contributed by atoms with Crippen LogP contribution in [0.2, 0.25) is 10.0 Å².